The Labute approximate surface area is 121 Å². The van der Waals surface area contributed by atoms with E-state index in [4.69, 9.17) is 11.6 Å². The molecule has 6 heteroatoms. The number of hydrogen-bond donors (Lipinski definition) is 2. The van der Waals surface area contributed by atoms with Gasteiger partial charge in [0.25, 0.3) is 5.69 Å². The first-order valence-corrected chi connectivity index (χ1v) is 6.35. The molecule has 0 bridgehead atoms. The predicted octanol–water partition coefficient (Wildman–Crippen LogP) is 3.24. The molecule has 2 aromatic rings. The van der Waals surface area contributed by atoms with Crippen molar-refractivity contribution in [2.45, 2.75) is 13.1 Å². The molecule has 20 heavy (non-hydrogen) atoms. The number of nitrogens with one attached hydrogen (secondary N) is 1. The predicted molar refractivity (Wildman–Crippen MR) is 76.8 cm³/mol. The smallest absolute Gasteiger partial charge is 0.269 e. The van der Waals surface area contributed by atoms with E-state index in [9.17, 15) is 15.2 Å². The maximum absolute atomic E-state index is 10.5. The Morgan fingerprint density at radius 3 is 2.30 bits per heavy atom. The van der Waals surface area contributed by atoms with Crippen LogP contribution in [0.4, 0.5) is 5.69 Å². The van der Waals surface area contributed by atoms with Crippen molar-refractivity contribution >= 4 is 17.3 Å². The van der Waals surface area contributed by atoms with Gasteiger partial charge in [0.15, 0.2) is 0 Å². The van der Waals surface area contributed by atoms with Gasteiger partial charge in [-0.05, 0) is 23.3 Å². The molecule has 0 amide bonds. The standard InChI is InChI=1S/C14H13ClN2O3/c15-13-7-11(3-6-14(13)18)9-16-8-10-1-4-12(5-2-10)17(19)20/h1-7,16,18H,8-9H2. The molecule has 0 heterocycles. The fourth-order valence-electron chi connectivity index (χ4n) is 1.75. The lowest BCUT2D eigenvalue weighted by Gasteiger charge is -2.06. The van der Waals surface area contributed by atoms with Gasteiger partial charge in [-0.25, -0.2) is 0 Å². The van der Waals surface area contributed by atoms with E-state index < -0.39 is 4.92 Å². The summed E-state index contributed by atoms with van der Waals surface area (Å²) in [5.41, 5.74) is 1.99. The lowest BCUT2D eigenvalue weighted by Crippen LogP contribution is -2.12. The molecule has 0 saturated carbocycles. The van der Waals surface area contributed by atoms with Crippen LogP contribution in [-0.4, -0.2) is 10.0 Å². The lowest BCUT2D eigenvalue weighted by atomic mass is 10.2. The number of benzene rings is 2. The number of rotatable bonds is 5. The van der Waals surface area contributed by atoms with E-state index in [1.807, 2.05) is 0 Å². The van der Waals surface area contributed by atoms with Gasteiger partial charge in [0.2, 0.25) is 0 Å². The van der Waals surface area contributed by atoms with E-state index in [0.29, 0.717) is 18.1 Å². The van der Waals surface area contributed by atoms with E-state index >= 15 is 0 Å². The minimum absolute atomic E-state index is 0.0609. The van der Waals surface area contributed by atoms with E-state index in [1.54, 1.807) is 30.3 Å². The highest BCUT2D eigenvalue weighted by Gasteiger charge is 2.04. The van der Waals surface area contributed by atoms with Crippen molar-refractivity contribution < 1.29 is 10.0 Å². The first-order valence-electron chi connectivity index (χ1n) is 5.97. The molecule has 0 aliphatic rings. The highest BCUT2D eigenvalue weighted by Crippen LogP contribution is 2.23. The summed E-state index contributed by atoms with van der Waals surface area (Å²) in [6.45, 7) is 1.19. The van der Waals surface area contributed by atoms with Crippen molar-refractivity contribution in [3.05, 3.63) is 68.7 Å². The molecule has 0 fully saturated rings. The molecule has 0 aromatic heterocycles. The normalized spacial score (nSPS) is 10.4. The second-order valence-corrected chi connectivity index (χ2v) is 4.72. The Hall–Kier alpha value is -2.11. The van der Waals surface area contributed by atoms with E-state index in [0.717, 1.165) is 11.1 Å². The van der Waals surface area contributed by atoms with Crippen LogP contribution in [-0.2, 0) is 13.1 Å². The first-order chi connectivity index (χ1) is 9.56. The fraction of sp³-hybridized carbons (Fsp3) is 0.143. The molecule has 2 N–H and O–H groups in total. The summed E-state index contributed by atoms with van der Waals surface area (Å²) in [4.78, 5) is 10.1. The second-order valence-electron chi connectivity index (χ2n) is 4.31. The van der Waals surface area contributed by atoms with Gasteiger partial charge in [-0.2, -0.15) is 0 Å². The summed E-state index contributed by atoms with van der Waals surface area (Å²) in [7, 11) is 0. The van der Waals surface area contributed by atoms with Gasteiger partial charge in [-0.3, -0.25) is 10.1 Å². The van der Waals surface area contributed by atoms with Crippen molar-refractivity contribution in [2.24, 2.45) is 0 Å². The molecule has 5 nitrogen and oxygen atoms in total. The first kappa shape index (κ1) is 14.3. The minimum Gasteiger partial charge on any atom is -0.506 e. The number of hydrogen-bond acceptors (Lipinski definition) is 4. The maximum atomic E-state index is 10.5. The van der Waals surface area contributed by atoms with Crippen LogP contribution < -0.4 is 5.32 Å². The molecule has 0 aliphatic heterocycles. The Morgan fingerprint density at radius 2 is 1.70 bits per heavy atom. The Bertz CT molecular complexity index is 614. The number of nitro benzene ring substituents is 1. The summed E-state index contributed by atoms with van der Waals surface area (Å²) < 4.78 is 0. The third kappa shape index (κ3) is 3.69. The van der Waals surface area contributed by atoms with Crippen LogP contribution >= 0.6 is 11.6 Å². The topological polar surface area (TPSA) is 75.4 Å². The number of phenols is 1. The zero-order valence-electron chi connectivity index (χ0n) is 10.5. The van der Waals surface area contributed by atoms with Gasteiger partial charge in [-0.15, -0.1) is 0 Å². The van der Waals surface area contributed by atoms with Crippen LogP contribution in [0.2, 0.25) is 5.02 Å². The summed E-state index contributed by atoms with van der Waals surface area (Å²) in [5.74, 6) is 0.0609. The average molecular weight is 293 g/mol. The Balaban J connectivity index is 1.89. The van der Waals surface area contributed by atoms with Crippen molar-refractivity contribution in [3.63, 3.8) is 0 Å². The SMILES string of the molecule is O=[N+]([O-])c1ccc(CNCc2ccc(O)c(Cl)c2)cc1. The largest absolute Gasteiger partial charge is 0.506 e. The zero-order valence-corrected chi connectivity index (χ0v) is 11.3. The fourth-order valence-corrected chi connectivity index (χ4v) is 1.95. The van der Waals surface area contributed by atoms with Crippen LogP contribution in [0, 0.1) is 10.1 Å². The molecule has 0 saturated heterocycles. The number of phenolic OH excluding ortho intramolecular Hbond substituents is 1. The minimum atomic E-state index is -0.421. The van der Waals surface area contributed by atoms with Crippen LogP contribution in [0.15, 0.2) is 42.5 Å². The van der Waals surface area contributed by atoms with Gasteiger partial charge in [0.05, 0.1) is 9.95 Å². The van der Waals surface area contributed by atoms with E-state index in [2.05, 4.69) is 5.32 Å². The monoisotopic (exact) mass is 292 g/mol. The van der Waals surface area contributed by atoms with Crippen LogP contribution in [0.1, 0.15) is 11.1 Å². The van der Waals surface area contributed by atoms with Gasteiger partial charge in [0, 0.05) is 25.2 Å². The summed E-state index contributed by atoms with van der Waals surface area (Å²) in [6, 6.07) is 11.4. The molecule has 0 radical (unpaired) electrons. The molecular formula is C14H13ClN2O3. The van der Waals surface area contributed by atoms with Gasteiger partial charge < -0.3 is 10.4 Å². The van der Waals surface area contributed by atoms with Crippen molar-refractivity contribution in [2.75, 3.05) is 0 Å². The molecular weight excluding hydrogens is 280 g/mol. The Morgan fingerprint density at radius 1 is 1.10 bits per heavy atom. The van der Waals surface area contributed by atoms with Crippen LogP contribution in [0.25, 0.3) is 0 Å². The van der Waals surface area contributed by atoms with Gasteiger partial charge in [-0.1, -0.05) is 29.8 Å². The molecule has 2 rings (SSSR count). The molecule has 0 aliphatic carbocycles. The molecule has 0 atom stereocenters. The van der Waals surface area contributed by atoms with Crippen LogP contribution in [0.5, 0.6) is 5.75 Å². The van der Waals surface area contributed by atoms with Crippen molar-refractivity contribution in [3.8, 4) is 5.75 Å². The molecule has 2 aromatic carbocycles. The third-order valence-electron chi connectivity index (χ3n) is 2.82. The average Bonchev–Trinajstić information content (AvgIpc) is 2.43. The zero-order chi connectivity index (χ0) is 14.5. The van der Waals surface area contributed by atoms with Crippen LogP contribution in [0.3, 0.4) is 0 Å². The van der Waals surface area contributed by atoms with Crippen molar-refractivity contribution in [1.82, 2.24) is 5.32 Å². The lowest BCUT2D eigenvalue weighted by molar-refractivity contribution is -0.384. The summed E-state index contributed by atoms with van der Waals surface area (Å²) >= 11 is 5.82. The molecule has 0 spiro atoms. The number of nitrogens with zero attached hydrogens (tertiary/aromatic N) is 1. The van der Waals surface area contributed by atoms with Gasteiger partial charge in [0.1, 0.15) is 5.75 Å². The maximum Gasteiger partial charge on any atom is 0.269 e. The third-order valence-corrected chi connectivity index (χ3v) is 3.12. The summed E-state index contributed by atoms with van der Waals surface area (Å²) in [6.07, 6.45) is 0. The van der Waals surface area contributed by atoms with E-state index in [-0.39, 0.29) is 11.4 Å². The quantitative estimate of drug-likeness (QED) is 0.655. The highest BCUT2D eigenvalue weighted by molar-refractivity contribution is 6.32. The Kier molecular flexibility index (Phi) is 4.55. The van der Waals surface area contributed by atoms with Gasteiger partial charge >= 0.3 is 0 Å². The summed E-state index contributed by atoms with van der Waals surface area (Å²) in [5, 5.41) is 23.4. The highest BCUT2D eigenvalue weighted by atomic mass is 35.5. The molecule has 0 unspecified atom stereocenters. The molecule has 104 valence electrons. The number of halogens is 1. The number of nitro groups is 1. The number of non-ortho nitro benzene ring substituents is 1. The van der Waals surface area contributed by atoms with E-state index in [1.165, 1.54) is 12.1 Å². The van der Waals surface area contributed by atoms with Crippen molar-refractivity contribution in [1.29, 1.82) is 0 Å². The number of aromatic hydroxyl groups is 1. The second kappa shape index (κ2) is 6.36.